The molecule has 0 bridgehead atoms. The summed E-state index contributed by atoms with van der Waals surface area (Å²) in [5.41, 5.74) is 7.81. The van der Waals surface area contributed by atoms with Crippen LogP contribution in [0.25, 0.3) is 0 Å². The highest BCUT2D eigenvalue weighted by molar-refractivity contribution is 5.39. The van der Waals surface area contributed by atoms with Crippen molar-refractivity contribution in [3.05, 3.63) is 59.7 Å². The van der Waals surface area contributed by atoms with Gasteiger partial charge in [-0.05, 0) is 36.4 Å². The number of benzene rings is 2. The van der Waals surface area contributed by atoms with E-state index in [2.05, 4.69) is 11.8 Å². The normalized spacial score (nSPS) is 22.4. The van der Waals surface area contributed by atoms with Gasteiger partial charge in [-0.25, -0.2) is 0 Å². The molecule has 0 aromatic heterocycles. The molecule has 1 saturated carbocycles. The summed E-state index contributed by atoms with van der Waals surface area (Å²) in [7, 11) is 0. The molecule has 1 aliphatic rings. The zero-order chi connectivity index (χ0) is 16.9. The Bertz CT molecular complexity index is 800. The van der Waals surface area contributed by atoms with Gasteiger partial charge in [0.15, 0.2) is 0 Å². The van der Waals surface area contributed by atoms with E-state index in [-0.39, 0.29) is 18.2 Å². The van der Waals surface area contributed by atoms with Crippen molar-refractivity contribution in [2.24, 2.45) is 5.73 Å². The lowest BCUT2D eigenvalue weighted by atomic mass is 10.2. The highest BCUT2D eigenvalue weighted by atomic mass is 16.5. The van der Waals surface area contributed by atoms with Crippen LogP contribution in [0, 0.1) is 24.7 Å². The molecule has 3 nitrogen and oxygen atoms in total. The lowest BCUT2D eigenvalue weighted by Gasteiger charge is -2.17. The molecule has 3 heteroatoms. The number of nitrogens with two attached hydrogens (primary N) is 1. The summed E-state index contributed by atoms with van der Waals surface area (Å²) in [5, 5.41) is 0. The maximum atomic E-state index is 6.22. The summed E-state index contributed by atoms with van der Waals surface area (Å²) >= 11 is 0. The Kier molecular flexibility index (Phi) is 4.75. The third-order valence-electron chi connectivity index (χ3n) is 4.10. The molecule has 3 rings (SSSR count). The molecule has 3 unspecified atom stereocenters. The van der Waals surface area contributed by atoms with Crippen LogP contribution in [0.5, 0.6) is 11.5 Å². The zero-order valence-electron chi connectivity index (χ0n) is 13.3. The highest BCUT2D eigenvalue weighted by Gasteiger charge is 2.35. The first-order chi connectivity index (χ1) is 11.7. The van der Waals surface area contributed by atoms with Gasteiger partial charge < -0.3 is 15.2 Å². The van der Waals surface area contributed by atoms with Crippen LogP contribution in [0.3, 0.4) is 0 Å². The van der Waals surface area contributed by atoms with Crippen LogP contribution in [0.1, 0.15) is 24.0 Å². The van der Waals surface area contributed by atoms with E-state index in [4.69, 9.17) is 28.1 Å². The van der Waals surface area contributed by atoms with Crippen molar-refractivity contribution in [3.63, 3.8) is 0 Å². The number of hydrogen-bond acceptors (Lipinski definition) is 3. The van der Waals surface area contributed by atoms with Gasteiger partial charge in [-0.15, -0.1) is 12.8 Å². The molecule has 120 valence electrons. The molecule has 2 N–H and O–H groups in total. The van der Waals surface area contributed by atoms with Crippen LogP contribution in [0.2, 0.25) is 0 Å². The summed E-state index contributed by atoms with van der Waals surface area (Å²) in [6, 6.07) is 14.9. The Morgan fingerprint density at radius 2 is 1.46 bits per heavy atom. The Morgan fingerprint density at radius 3 is 2.04 bits per heavy atom. The molecule has 24 heavy (non-hydrogen) atoms. The van der Waals surface area contributed by atoms with E-state index in [1.165, 1.54) is 0 Å². The molecule has 0 heterocycles. The SMILES string of the molecule is C#Cc1cccc(OC2CC(N)C(Oc3cccc(C#C)c3)C2)c1. The maximum absolute atomic E-state index is 6.22. The van der Waals surface area contributed by atoms with E-state index in [0.717, 1.165) is 35.5 Å². The van der Waals surface area contributed by atoms with Crippen LogP contribution in [0.15, 0.2) is 48.5 Å². The van der Waals surface area contributed by atoms with E-state index < -0.39 is 0 Å². The smallest absolute Gasteiger partial charge is 0.121 e. The number of hydrogen-bond donors (Lipinski definition) is 1. The van der Waals surface area contributed by atoms with Gasteiger partial charge in [-0.1, -0.05) is 24.0 Å². The maximum Gasteiger partial charge on any atom is 0.121 e. The van der Waals surface area contributed by atoms with Crippen molar-refractivity contribution in [2.75, 3.05) is 0 Å². The third-order valence-corrected chi connectivity index (χ3v) is 4.10. The minimum atomic E-state index is -0.0983. The van der Waals surface area contributed by atoms with Crippen LogP contribution < -0.4 is 15.2 Å². The standard InChI is InChI=1S/C21H19NO2/c1-3-15-7-5-9-17(11-15)23-19-13-20(22)21(14-19)24-18-10-6-8-16(4-2)12-18/h1-2,5-12,19-21H,13-14,22H2. The molecule has 2 aromatic carbocycles. The van der Waals surface area contributed by atoms with E-state index in [0.29, 0.717) is 0 Å². The number of rotatable bonds is 4. The summed E-state index contributed by atoms with van der Waals surface area (Å²) in [5.74, 6) is 6.71. The zero-order valence-corrected chi connectivity index (χ0v) is 13.3. The van der Waals surface area contributed by atoms with E-state index in [1.807, 2.05) is 48.5 Å². The lowest BCUT2D eigenvalue weighted by Crippen LogP contribution is -2.33. The number of terminal acetylenes is 2. The van der Waals surface area contributed by atoms with Crippen molar-refractivity contribution in [1.82, 2.24) is 0 Å². The van der Waals surface area contributed by atoms with Gasteiger partial charge in [0, 0.05) is 30.0 Å². The van der Waals surface area contributed by atoms with Crippen LogP contribution >= 0.6 is 0 Å². The quantitative estimate of drug-likeness (QED) is 0.882. The van der Waals surface area contributed by atoms with Crippen LogP contribution in [-0.2, 0) is 0 Å². The van der Waals surface area contributed by atoms with Crippen LogP contribution in [0.4, 0.5) is 0 Å². The van der Waals surface area contributed by atoms with Crippen molar-refractivity contribution >= 4 is 0 Å². The van der Waals surface area contributed by atoms with Crippen molar-refractivity contribution in [3.8, 4) is 36.2 Å². The molecular weight excluding hydrogens is 298 g/mol. The van der Waals surface area contributed by atoms with Crippen LogP contribution in [-0.4, -0.2) is 18.2 Å². The molecule has 0 saturated heterocycles. The van der Waals surface area contributed by atoms with E-state index in [1.54, 1.807) is 0 Å². The fraction of sp³-hybridized carbons (Fsp3) is 0.238. The van der Waals surface area contributed by atoms with Gasteiger partial charge in [0.1, 0.15) is 23.7 Å². The minimum Gasteiger partial charge on any atom is -0.490 e. The average Bonchev–Trinajstić information content (AvgIpc) is 2.94. The predicted octanol–water partition coefficient (Wildman–Crippen LogP) is 2.97. The summed E-state index contributed by atoms with van der Waals surface area (Å²) in [4.78, 5) is 0. The summed E-state index contributed by atoms with van der Waals surface area (Å²) < 4.78 is 12.0. The molecule has 3 atom stereocenters. The Morgan fingerprint density at radius 1 is 0.875 bits per heavy atom. The topological polar surface area (TPSA) is 44.5 Å². The van der Waals surface area contributed by atoms with Crippen molar-refractivity contribution in [1.29, 1.82) is 0 Å². The van der Waals surface area contributed by atoms with Gasteiger partial charge in [-0.2, -0.15) is 0 Å². The van der Waals surface area contributed by atoms with E-state index in [9.17, 15) is 0 Å². The Labute approximate surface area is 142 Å². The monoisotopic (exact) mass is 317 g/mol. The first-order valence-electron chi connectivity index (χ1n) is 7.90. The number of ether oxygens (including phenoxy) is 2. The molecule has 1 aliphatic carbocycles. The Hall–Kier alpha value is -2.88. The second kappa shape index (κ2) is 7.13. The van der Waals surface area contributed by atoms with Gasteiger partial charge >= 0.3 is 0 Å². The van der Waals surface area contributed by atoms with Gasteiger partial charge in [0.25, 0.3) is 0 Å². The lowest BCUT2D eigenvalue weighted by molar-refractivity contribution is 0.161. The van der Waals surface area contributed by atoms with Crippen molar-refractivity contribution in [2.45, 2.75) is 31.1 Å². The molecule has 1 fully saturated rings. The van der Waals surface area contributed by atoms with E-state index >= 15 is 0 Å². The average molecular weight is 317 g/mol. The first kappa shape index (κ1) is 16.0. The molecule has 0 spiro atoms. The third kappa shape index (κ3) is 3.71. The van der Waals surface area contributed by atoms with Gasteiger partial charge in [0.05, 0.1) is 0 Å². The summed E-state index contributed by atoms with van der Waals surface area (Å²) in [6.07, 6.45) is 12.2. The fourth-order valence-corrected chi connectivity index (χ4v) is 2.90. The predicted molar refractivity (Wildman–Crippen MR) is 94.8 cm³/mol. The highest BCUT2D eigenvalue weighted by Crippen LogP contribution is 2.28. The van der Waals surface area contributed by atoms with Crippen molar-refractivity contribution < 1.29 is 9.47 Å². The second-order valence-corrected chi connectivity index (χ2v) is 5.88. The first-order valence-corrected chi connectivity index (χ1v) is 7.90. The Balaban J connectivity index is 1.64. The molecule has 2 aromatic rings. The fourth-order valence-electron chi connectivity index (χ4n) is 2.90. The molecular formula is C21H19NO2. The van der Waals surface area contributed by atoms with Gasteiger partial charge in [0.2, 0.25) is 0 Å². The second-order valence-electron chi connectivity index (χ2n) is 5.88. The van der Waals surface area contributed by atoms with Gasteiger partial charge in [-0.3, -0.25) is 0 Å². The molecule has 0 amide bonds. The largest absolute Gasteiger partial charge is 0.490 e. The summed E-state index contributed by atoms with van der Waals surface area (Å²) in [6.45, 7) is 0. The molecule has 0 radical (unpaired) electrons. The minimum absolute atomic E-state index is 0.00819. The molecule has 0 aliphatic heterocycles.